The zero-order valence-electron chi connectivity index (χ0n) is 34.1. The molecule has 0 saturated heterocycles. The molecule has 0 aromatic heterocycles. The second-order valence-electron chi connectivity index (χ2n) is 13.8. The average molecular weight is 808 g/mol. The van der Waals surface area contributed by atoms with Gasteiger partial charge in [-0.2, -0.15) is 0 Å². The van der Waals surface area contributed by atoms with Crippen LogP contribution in [0.3, 0.4) is 0 Å². The highest BCUT2D eigenvalue weighted by atomic mass is 16.5. The van der Waals surface area contributed by atoms with E-state index in [1.807, 2.05) is 121 Å². The van der Waals surface area contributed by atoms with E-state index < -0.39 is 11.9 Å². The quantitative estimate of drug-likeness (QED) is 0.0697. The van der Waals surface area contributed by atoms with Crippen molar-refractivity contribution in [1.82, 2.24) is 4.90 Å². The van der Waals surface area contributed by atoms with Gasteiger partial charge in [0.05, 0.1) is 13.2 Å². The lowest BCUT2D eigenvalue weighted by Crippen LogP contribution is -2.28. The van der Waals surface area contributed by atoms with Crippen molar-refractivity contribution in [3.05, 3.63) is 190 Å². The molecule has 0 atom stereocenters. The van der Waals surface area contributed by atoms with Crippen molar-refractivity contribution >= 4 is 17.8 Å². The van der Waals surface area contributed by atoms with Crippen LogP contribution in [0.4, 0.5) is 0 Å². The maximum absolute atomic E-state index is 13.7. The highest BCUT2D eigenvalue weighted by Crippen LogP contribution is 2.35. The normalized spacial score (nSPS) is 10.7. The number of carbonyl (C=O) groups excluding carboxylic acids is 3. The number of esters is 2. The molecular formula is C50H49NO9. The molecule has 0 heterocycles. The molecule has 60 heavy (non-hydrogen) atoms. The molecule has 0 aliphatic carbocycles. The number of rotatable bonds is 20. The van der Waals surface area contributed by atoms with Gasteiger partial charge in [-0.1, -0.05) is 121 Å². The number of ether oxygens (including phenoxy) is 6. The third-order valence-corrected chi connectivity index (χ3v) is 9.43. The summed E-state index contributed by atoms with van der Waals surface area (Å²) in [4.78, 5) is 42.1. The summed E-state index contributed by atoms with van der Waals surface area (Å²) in [6.45, 7) is 6.19. The van der Waals surface area contributed by atoms with E-state index in [-0.39, 0.29) is 81.3 Å². The summed E-state index contributed by atoms with van der Waals surface area (Å²) in [5.74, 6) is -0.0542. The molecule has 6 rings (SSSR count). The Balaban J connectivity index is 1.40. The second kappa shape index (κ2) is 21.6. The summed E-state index contributed by atoms with van der Waals surface area (Å²) in [7, 11) is 0. The van der Waals surface area contributed by atoms with E-state index in [1.54, 1.807) is 43.0 Å². The zero-order valence-corrected chi connectivity index (χ0v) is 34.1. The minimum absolute atomic E-state index is 0.0578. The molecule has 308 valence electrons. The fourth-order valence-electron chi connectivity index (χ4n) is 6.33. The van der Waals surface area contributed by atoms with Gasteiger partial charge in [0.1, 0.15) is 60.6 Å². The first kappa shape index (κ1) is 42.5. The van der Waals surface area contributed by atoms with Gasteiger partial charge in [-0.25, -0.2) is 9.59 Å². The van der Waals surface area contributed by atoms with Crippen molar-refractivity contribution in [3.8, 4) is 23.0 Å². The van der Waals surface area contributed by atoms with E-state index in [0.717, 1.165) is 22.3 Å². The SMILES string of the molecule is CCOC(=O)c1cc(OCc2ccccc2)c(CN(Cc2cc(OCc3ccccc3)c(C(=O)OCC)cc2OCc2ccccc2)C(C)=O)cc1OCc1ccccc1. The van der Waals surface area contributed by atoms with Gasteiger partial charge in [0.2, 0.25) is 5.91 Å². The van der Waals surface area contributed by atoms with Gasteiger partial charge in [-0.3, -0.25) is 4.79 Å². The third-order valence-electron chi connectivity index (χ3n) is 9.43. The topological polar surface area (TPSA) is 110 Å². The maximum Gasteiger partial charge on any atom is 0.342 e. The predicted molar refractivity (Wildman–Crippen MR) is 228 cm³/mol. The molecule has 0 fully saturated rings. The Morgan fingerprint density at radius 3 is 1.02 bits per heavy atom. The molecule has 0 spiro atoms. The molecule has 0 saturated carbocycles. The zero-order chi connectivity index (χ0) is 42.1. The van der Waals surface area contributed by atoms with Crippen LogP contribution in [0.25, 0.3) is 0 Å². The van der Waals surface area contributed by atoms with Crippen molar-refractivity contribution < 1.29 is 42.8 Å². The van der Waals surface area contributed by atoms with Crippen molar-refractivity contribution in [2.24, 2.45) is 0 Å². The summed E-state index contributed by atoms with van der Waals surface area (Å²) in [6, 6.07) is 45.2. The minimum atomic E-state index is -0.565. The molecule has 0 radical (unpaired) electrons. The lowest BCUT2D eigenvalue weighted by Gasteiger charge is -2.26. The number of hydrogen-bond acceptors (Lipinski definition) is 9. The van der Waals surface area contributed by atoms with E-state index in [4.69, 9.17) is 28.4 Å². The Kier molecular flexibility index (Phi) is 15.3. The van der Waals surface area contributed by atoms with Gasteiger partial charge in [0, 0.05) is 31.1 Å². The van der Waals surface area contributed by atoms with Crippen molar-refractivity contribution in [3.63, 3.8) is 0 Å². The Labute approximate surface area is 351 Å². The lowest BCUT2D eigenvalue weighted by atomic mass is 10.1. The standard InChI is InChI=1S/C50H49NO9/c1-4-55-49(53)43-28-45(57-32-37-18-10-6-11-19-37)41(26-47(43)59-34-39-22-14-8-15-23-39)30-51(36(3)52)31-42-27-48(60-35-40-24-16-9-17-25-40)44(50(54)56-5-2)29-46(42)58-33-38-20-12-7-13-21-38/h6-29H,4-5,30-35H2,1-3H3. The van der Waals surface area contributed by atoms with Crippen molar-refractivity contribution in [2.45, 2.75) is 60.3 Å². The number of carbonyl (C=O) groups is 3. The molecule has 6 aromatic rings. The van der Waals surface area contributed by atoms with Crippen LogP contribution in [0.5, 0.6) is 23.0 Å². The largest absolute Gasteiger partial charge is 0.489 e. The maximum atomic E-state index is 13.7. The summed E-state index contributed by atoms with van der Waals surface area (Å²) in [5, 5.41) is 0. The van der Waals surface area contributed by atoms with Gasteiger partial charge in [-0.15, -0.1) is 0 Å². The van der Waals surface area contributed by atoms with Gasteiger partial charge in [-0.05, 0) is 60.4 Å². The fourth-order valence-corrected chi connectivity index (χ4v) is 6.33. The first-order valence-electron chi connectivity index (χ1n) is 19.9. The molecule has 0 aliphatic heterocycles. The van der Waals surface area contributed by atoms with Gasteiger partial charge < -0.3 is 33.3 Å². The molecule has 10 nitrogen and oxygen atoms in total. The van der Waals surface area contributed by atoms with Crippen LogP contribution in [0, 0.1) is 0 Å². The van der Waals surface area contributed by atoms with E-state index in [9.17, 15) is 14.4 Å². The molecule has 0 unspecified atom stereocenters. The molecule has 1 amide bonds. The lowest BCUT2D eigenvalue weighted by molar-refractivity contribution is -0.130. The van der Waals surface area contributed by atoms with Gasteiger partial charge >= 0.3 is 11.9 Å². The van der Waals surface area contributed by atoms with Crippen LogP contribution in [0.1, 0.15) is 74.9 Å². The highest BCUT2D eigenvalue weighted by Gasteiger charge is 2.25. The van der Waals surface area contributed by atoms with Crippen LogP contribution < -0.4 is 18.9 Å². The van der Waals surface area contributed by atoms with Gasteiger partial charge in [0.15, 0.2) is 0 Å². The minimum Gasteiger partial charge on any atom is -0.489 e. The van der Waals surface area contributed by atoms with Crippen LogP contribution in [-0.4, -0.2) is 36.0 Å². The van der Waals surface area contributed by atoms with Crippen LogP contribution in [0.2, 0.25) is 0 Å². The number of benzene rings is 6. The summed E-state index contributed by atoms with van der Waals surface area (Å²) in [5.41, 5.74) is 5.21. The van der Waals surface area contributed by atoms with E-state index in [2.05, 4.69) is 0 Å². The second-order valence-corrected chi connectivity index (χ2v) is 13.8. The number of hydrogen-bond donors (Lipinski definition) is 0. The molecular weight excluding hydrogens is 759 g/mol. The van der Waals surface area contributed by atoms with E-state index in [1.165, 1.54) is 6.92 Å². The average Bonchev–Trinajstić information content (AvgIpc) is 3.28. The number of amides is 1. The monoisotopic (exact) mass is 807 g/mol. The van der Waals surface area contributed by atoms with Crippen LogP contribution in [0.15, 0.2) is 146 Å². The van der Waals surface area contributed by atoms with Crippen molar-refractivity contribution in [1.29, 1.82) is 0 Å². The summed E-state index contributed by atoms with van der Waals surface area (Å²) < 4.78 is 36.3. The smallest absolute Gasteiger partial charge is 0.342 e. The predicted octanol–water partition coefficient (Wildman–Crippen LogP) is 9.90. The molecule has 0 N–H and O–H groups in total. The summed E-state index contributed by atoms with van der Waals surface area (Å²) in [6.07, 6.45) is 0. The van der Waals surface area contributed by atoms with Crippen molar-refractivity contribution in [2.75, 3.05) is 13.2 Å². The number of nitrogens with zero attached hydrogens (tertiary/aromatic N) is 1. The Morgan fingerprint density at radius 1 is 0.433 bits per heavy atom. The van der Waals surface area contributed by atoms with Gasteiger partial charge in [0.25, 0.3) is 0 Å². The third kappa shape index (κ3) is 12.0. The molecule has 0 aliphatic rings. The summed E-state index contributed by atoms with van der Waals surface area (Å²) >= 11 is 0. The van der Waals surface area contributed by atoms with Crippen LogP contribution >= 0.6 is 0 Å². The van der Waals surface area contributed by atoms with Crippen LogP contribution in [-0.2, 0) is 53.8 Å². The fraction of sp³-hybridized carbons (Fsp3) is 0.220. The molecule has 0 bridgehead atoms. The Bertz CT molecular complexity index is 2160. The molecule has 6 aromatic carbocycles. The highest BCUT2D eigenvalue weighted by molar-refractivity contribution is 5.94. The van der Waals surface area contributed by atoms with E-state index in [0.29, 0.717) is 22.6 Å². The first-order valence-corrected chi connectivity index (χ1v) is 19.9. The Hall–Kier alpha value is -7.07. The van der Waals surface area contributed by atoms with E-state index >= 15 is 0 Å². The first-order chi connectivity index (χ1) is 29.3. The molecule has 10 heteroatoms. The Morgan fingerprint density at radius 2 is 0.733 bits per heavy atom.